The number of nitrogens with one attached hydrogen (secondary N) is 6. The Morgan fingerprint density at radius 2 is 0.857 bits per heavy atom. The van der Waals surface area contributed by atoms with Crippen molar-refractivity contribution in [2.45, 2.75) is 0 Å². The van der Waals surface area contributed by atoms with Gasteiger partial charge >= 0.3 is 23.9 Å². The summed E-state index contributed by atoms with van der Waals surface area (Å²) in [6.45, 7) is 0. The first kappa shape index (κ1) is 20.1. The highest BCUT2D eigenvalue weighted by Crippen LogP contribution is 2.08. The Labute approximate surface area is 156 Å². The molecule has 0 heterocycles. The van der Waals surface area contributed by atoms with Crippen LogP contribution in [-0.4, -0.2) is 23.9 Å². The van der Waals surface area contributed by atoms with Crippen LogP contribution in [0.25, 0.3) is 0 Å². The first-order valence-electron chi connectivity index (χ1n) is 7.59. The number of urea groups is 2. The van der Waals surface area contributed by atoms with Crippen molar-refractivity contribution in [3.05, 3.63) is 60.2 Å². The van der Waals surface area contributed by atoms with E-state index in [2.05, 4.69) is 10.6 Å². The molecule has 0 saturated heterocycles. The molecule has 0 fully saturated rings. The van der Waals surface area contributed by atoms with E-state index in [-0.39, 0.29) is 11.4 Å². The largest absolute Gasteiger partial charge is 0.337 e. The average Bonchev–Trinajstić information content (AvgIpc) is 2.67. The maximum absolute atomic E-state index is 12.8. The van der Waals surface area contributed by atoms with Crippen LogP contribution in [0.4, 0.5) is 29.7 Å². The maximum Gasteiger partial charge on any atom is 0.337 e. The van der Waals surface area contributed by atoms with E-state index in [4.69, 9.17) is 0 Å². The maximum atomic E-state index is 12.8. The highest BCUT2D eigenvalue weighted by Gasteiger charge is 2.15. The van der Waals surface area contributed by atoms with Gasteiger partial charge in [0, 0.05) is 11.4 Å². The van der Waals surface area contributed by atoms with E-state index in [9.17, 15) is 28.0 Å². The SMILES string of the molecule is O=C(NNC(=O)C(=O)NNC(=O)Nc1ccc(F)cc1)Nc1ccc(F)cc1. The van der Waals surface area contributed by atoms with Crippen LogP contribution in [0.1, 0.15) is 0 Å². The molecule has 0 atom stereocenters. The lowest BCUT2D eigenvalue weighted by Crippen LogP contribution is -2.54. The molecule has 10 nitrogen and oxygen atoms in total. The van der Waals surface area contributed by atoms with Crippen LogP contribution in [0.5, 0.6) is 0 Å². The minimum atomic E-state index is -1.28. The van der Waals surface area contributed by atoms with Crippen molar-refractivity contribution in [2.75, 3.05) is 10.6 Å². The zero-order valence-corrected chi connectivity index (χ0v) is 14.0. The third-order valence-corrected chi connectivity index (χ3v) is 2.99. The van der Waals surface area contributed by atoms with Crippen molar-refractivity contribution in [2.24, 2.45) is 0 Å². The number of hydrogen-bond acceptors (Lipinski definition) is 4. The molecule has 2 aromatic rings. The summed E-state index contributed by atoms with van der Waals surface area (Å²) in [6, 6.07) is 7.81. The van der Waals surface area contributed by atoms with Gasteiger partial charge in [0.1, 0.15) is 11.6 Å². The van der Waals surface area contributed by atoms with E-state index in [0.29, 0.717) is 0 Å². The van der Waals surface area contributed by atoms with Gasteiger partial charge in [-0.25, -0.2) is 29.2 Å². The van der Waals surface area contributed by atoms with Gasteiger partial charge in [0.2, 0.25) is 0 Å². The second-order valence-electron chi connectivity index (χ2n) is 5.08. The van der Waals surface area contributed by atoms with Crippen LogP contribution in [0.15, 0.2) is 48.5 Å². The van der Waals surface area contributed by atoms with Gasteiger partial charge in [-0.15, -0.1) is 0 Å². The Morgan fingerprint density at radius 3 is 1.18 bits per heavy atom. The molecular weight excluding hydrogens is 378 g/mol. The normalized spacial score (nSPS) is 9.64. The molecule has 0 aliphatic heterocycles. The highest BCUT2D eigenvalue weighted by atomic mass is 19.1. The van der Waals surface area contributed by atoms with Gasteiger partial charge in [-0.05, 0) is 48.5 Å². The number of rotatable bonds is 2. The molecule has 6 amide bonds. The number of amides is 6. The van der Waals surface area contributed by atoms with Crippen LogP contribution < -0.4 is 32.3 Å². The second-order valence-corrected chi connectivity index (χ2v) is 5.08. The van der Waals surface area contributed by atoms with Gasteiger partial charge < -0.3 is 10.6 Å². The van der Waals surface area contributed by atoms with Crippen molar-refractivity contribution in [3.63, 3.8) is 0 Å². The van der Waals surface area contributed by atoms with Gasteiger partial charge in [-0.1, -0.05) is 0 Å². The lowest BCUT2D eigenvalue weighted by Gasteiger charge is -2.10. The number of hydrogen-bond donors (Lipinski definition) is 6. The number of halogens is 2. The molecular formula is C16H14F2N6O4. The number of carbonyl (C=O) groups is 4. The van der Waals surface area contributed by atoms with Crippen LogP contribution in [-0.2, 0) is 9.59 Å². The van der Waals surface area contributed by atoms with E-state index < -0.39 is 35.5 Å². The average molecular weight is 392 g/mol. The predicted octanol–water partition coefficient (Wildman–Crippen LogP) is 0.970. The molecule has 0 radical (unpaired) electrons. The monoisotopic (exact) mass is 392 g/mol. The fraction of sp³-hybridized carbons (Fsp3) is 0. The summed E-state index contributed by atoms with van der Waals surface area (Å²) in [7, 11) is 0. The number of benzene rings is 2. The van der Waals surface area contributed by atoms with E-state index >= 15 is 0 Å². The molecule has 0 unspecified atom stereocenters. The number of carbonyl (C=O) groups excluding carboxylic acids is 4. The molecule has 0 saturated carbocycles. The molecule has 28 heavy (non-hydrogen) atoms. The third-order valence-electron chi connectivity index (χ3n) is 2.99. The van der Waals surface area contributed by atoms with Gasteiger partial charge in [0.25, 0.3) is 0 Å². The quantitative estimate of drug-likeness (QED) is 0.335. The van der Waals surface area contributed by atoms with Gasteiger partial charge in [-0.3, -0.25) is 20.4 Å². The first-order valence-corrected chi connectivity index (χ1v) is 7.59. The molecule has 0 bridgehead atoms. The lowest BCUT2D eigenvalue weighted by molar-refractivity contribution is -0.140. The standard InChI is InChI=1S/C16H14F2N6O4/c17-9-1-5-11(6-2-9)19-15(27)23-21-13(25)14(26)22-24-16(28)20-12-7-3-10(18)4-8-12/h1-8H,(H,21,25)(H,22,26)(H2,19,23,27)(H2,20,24,28). The van der Waals surface area contributed by atoms with Gasteiger partial charge in [0.15, 0.2) is 0 Å². The summed E-state index contributed by atoms with van der Waals surface area (Å²) >= 11 is 0. The van der Waals surface area contributed by atoms with Crippen molar-refractivity contribution in [3.8, 4) is 0 Å². The van der Waals surface area contributed by atoms with Gasteiger partial charge in [0.05, 0.1) is 0 Å². The number of anilines is 2. The van der Waals surface area contributed by atoms with E-state index in [1.165, 1.54) is 24.3 Å². The summed E-state index contributed by atoms with van der Waals surface area (Å²) < 4.78 is 25.5. The number of hydrazine groups is 2. The van der Waals surface area contributed by atoms with E-state index in [1.807, 2.05) is 10.9 Å². The van der Waals surface area contributed by atoms with Crippen molar-refractivity contribution in [1.29, 1.82) is 0 Å². The second kappa shape index (κ2) is 9.47. The van der Waals surface area contributed by atoms with Crippen LogP contribution in [0.3, 0.4) is 0 Å². The Kier molecular flexibility index (Phi) is 6.80. The lowest BCUT2D eigenvalue weighted by atomic mass is 10.3. The molecule has 0 aliphatic carbocycles. The van der Waals surface area contributed by atoms with Gasteiger partial charge in [-0.2, -0.15) is 0 Å². The zero-order valence-electron chi connectivity index (χ0n) is 14.0. The summed E-state index contributed by atoms with van der Waals surface area (Å²) in [4.78, 5) is 46.1. The summed E-state index contributed by atoms with van der Waals surface area (Å²) in [5.74, 6) is -3.55. The molecule has 146 valence electrons. The topological polar surface area (TPSA) is 140 Å². The Hall–Kier alpha value is -4.22. The Bertz CT molecular complexity index is 800. The van der Waals surface area contributed by atoms with Crippen LogP contribution in [0, 0.1) is 11.6 Å². The molecule has 2 aromatic carbocycles. The first-order chi connectivity index (χ1) is 13.3. The molecule has 0 aliphatic rings. The summed E-state index contributed by atoms with van der Waals surface area (Å²) in [6.07, 6.45) is 0. The molecule has 2 rings (SSSR count). The van der Waals surface area contributed by atoms with Crippen molar-refractivity contribution >= 4 is 35.3 Å². The summed E-state index contributed by atoms with van der Waals surface area (Å²) in [5, 5.41) is 4.55. The van der Waals surface area contributed by atoms with Crippen LogP contribution >= 0.6 is 0 Å². The minimum absolute atomic E-state index is 0.247. The predicted molar refractivity (Wildman–Crippen MR) is 93.4 cm³/mol. The smallest absolute Gasteiger partial charge is 0.307 e. The molecule has 6 N–H and O–H groups in total. The minimum Gasteiger partial charge on any atom is -0.307 e. The summed E-state index contributed by atoms with van der Waals surface area (Å²) in [5.41, 5.74) is 7.86. The third kappa shape index (κ3) is 6.59. The van der Waals surface area contributed by atoms with Crippen LogP contribution in [0.2, 0.25) is 0 Å². The van der Waals surface area contributed by atoms with E-state index in [1.54, 1.807) is 10.9 Å². The Morgan fingerprint density at radius 1 is 0.536 bits per heavy atom. The van der Waals surface area contributed by atoms with Crippen molar-refractivity contribution in [1.82, 2.24) is 21.7 Å². The molecule has 0 spiro atoms. The highest BCUT2D eigenvalue weighted by molar-refractivity contribution is 6.35. The van der Waals surface area contributed by atoms with Crippen molar-refractivity contribution < 1.29 is 28.0 Å². The molecule has 0 aromatic heterocycles. The fourth-order valence-corrected chi connectivity index (χ4v) is 1.73. The van der Waals surface area contributed by atoms with E-state index in [0.717, 1.165) is 24.3 Å². The Balaban J connectivity index is 1.69. The molecule has 12 heteroatoms. The fourth-order valence-electron chi connectivity index (χ4n) is 1.73. The zero-order chi connectivity index (χ0) is 20.5.